The molecule has 1 aromatic carbocycles. The zero-order chi connectivity index (χ0) is 20.8. The molecule has 0 unspecified atom stereocenters. The number of ether oxygens (including phenoxy) is 3. The van der Waals surface area contributed by atoms with Crippen LogP contribution in [0.5, 0.6) is 17.2 Å². The molecule has 29 heavy (non-hydrogen) atoms. The van der Waals surface area contributed by atoms with Gasteiger partial charge in [-0.1, -0.05) is 6.07 Å². The average molecular weight is 419 g/mol. The maximum absolute atomic E-state index is 13.1. The summed E-state index contributed by atoms with van der Waals surface area (Å²) in [7, 11) is 4.57. The summed E-state index contributed by atoms with van der Waals surface area (Å²) in [5, 5.41) is 1.98. The number of carbonyl (C=O) groups is 2. The van der Waals surface area contributed by atoms with Gasteiger partial charge in [-0.05, 0) is 30.0 Å². The standard InChI is InChI=1S/C21H26N2O5S/c1-26-17-12-15(13-18(27-2)20(17)28-3)21(25)23-8-5-7-22(9-10-23)19(24)14-16-6-4-11-29-16/h4,6,11-13H,5,7-10,14H2,1-3H3. The number of nitrogens with zero attached hydrogens (tertiary/aromatic N) is 2. The summed E-state index contributed by atoms with van der Waals surface area (Å²) >= 11 is 1.59. The lowest BCUT2D eigenvalue weighted by molar-refractivity contribution is -0.130. The molecule has 0 N–H and O–H groups in total. The molecule has 2 amide bonds. The number of amides is 2. The summed E-state index contributed by atoms with van der Waals surface area (Å²) in [6, 6.07) is 7.25. The fourth-order valence-corrected chi connectivity index (χ4v) is 4.13. The van der Waals surface area contributed by atoms with Gasteiger partial charge in [0.2, 0.25) is 11.7 Å². The van der Waals surface area contributed by atoms with Crippen LogP contribution in [0.3, 0.4) is 0 Å². The molecule has 0 aliphatic carbocycles. The number of hydrogen-bond donors (Lipinski definition) is 0. The van der Waals surface area contributed by atoms with Gasteiger partial charge in [-0.25, -0.2) is 0 Å². The first kappa shape index (κ1) is 21.0. The Morgan fingerprint density at radius 3 is 2.21 bits per heavy atom. The van der Waals surface area contributed by atoms with E-state index in [1.165, 1.54) is 21.3 Å². The van der Waals surface area contributed by atoms with Gasteiger partial charge < -0.3 is 24.0 Å². The van der Waals surface area contributed by atoms with Crippen molar-refractivity contribution in [2.75, 3.05) is 47.5 Å². The van der Waals surface area contributed by atoms with Crippen LogP contribution in [0, 0.1) is 0 Å². The zero-order valence-electron chi connectivity index (χ0n) is 17.0. The third kappa shape index (κ3) is 4.82. The largest absolute Gasteiger partial charge is 0.493 e. The van der Waals surface area contributed by atoms with Gasteiger partial charge in [0.05, 0.1) is 27.8 Å². The first-order valence-corrected chi connectivity index (χ1v) is 10.3. The third-order valence-corrected chi connectivity index (χ3v) is 5.83. The van der Waals surface area contributed by atoms with Crippen LogP contribution in [0.15, 0.2) is 29.6 Å². The van der Waals surface area contributed by atoms with Gasteiger partial charge in [-0.3, -0.25) is 9.59 Å². The Labute approximate surface area is 174 Å². The van der Waals surface area contributed by atoms with Crippen LogP contribution in [0.2, 0.25) is 0 Å². The number of thiophene rings is 1. The number of rotatable bonds is 6. The van der Waals surface area contributed by atoms with Crippen LogP contribution in [0.1, 0.15) is 21.7 Å². The fourth-order valence-electron chi connectivity index (χ4n) is 3.43. The Kier molecular flexibility index (Phi) is 6.98. The van der Waals surface area contributed by atoms with Crippen LogP contribution < -0.4 is 14.2 Å². The fraction of sp³-hybridized carbons (Fsp3) is 0.429. The molecule has 0 radical (unpaired) electrons. The van der Waals surface area contributed by atoms with E-state index >= 15 is 0 Å². The van der Waals surface area contributed by atoms with Gasteiger partial charge >= 0.3 is 0 Å². The first-order valence-electron chi connectivity index (χ1n) is 9.46. The lowest BCUT2D eigenvalue weighted by Crippen LogP contribution is -2.37. The molecule has 1 aliphatic rings. The second kappa shape index (κ2) is 9.65. The van der Waals surface area contributed by atoms with Crippen molar-refractivity contribution < 1.29 is 23.8 Å². The summed E-state index contributed by atoms with van der Waals surface area (Å²) < 4.78 is 16.0. The molecule has 1 aromatic heterocycles. The SMILES string of the molecule is COc1cc(C(=O)N2CCCN(C(=O)Cc3cccs3)CC2)cc(OC)c1OC. The third-order valence-electron chi connectivity index (χ3n) is 4.95. The van der Waals surface area contributed by atoms with Crippen molar-refractivity contribution in [3.8, 4) is 17.2 Å². The normalized spacial score (nSPS) is 14.3. The highest BCUT2D eigenvalue weighted by Gasteiger charge is 2.25. The van der Waals surface area contributed by atoms with Gasteiger partial charge in [0.1, 0.15) is 0 Å². The molecular formula is C21H26N2O5S. The number of benzene rings is 1. The Morgan fingerprint density at radius 1 is 0.966 bits per heavy atom. The predicted octanol–water partition coefficient (Wildman–Crippen LogP) is 2.69. The lowest BCUT2D eigenvalue weighted by Gasteiger charge is -2.23. The second-order valence-electron chi connectivity index (χ2n) is 6.70. The van der Waals surface area contributed by atoms with E-state index < -0.39 is 0 Å². The molecule has 1 saturated heterocycles. The van der Waals surface area contributed by atoms with Crippen molar-refractivity contribution in [1.29, 1.82) is 0 Å². The second-order valence-corrected chi connectivity index (χ2v) is 7.73. The molecule has 1 fully saturated rings. The highest BCUT2D eigenvalue weighted by atomic mass is 32.1. The molecule has 8 heteroatoms. The van der Waals surface area contributed by atoms with Crippen LogP contribution in [-0.2, 0) is 11.2 Å². The van der Waals surface area contributed by atoms with Gasteiger partial charge in [0.15, 0.2) is 11.5 Å². The Bertz CT molecular complexity index is 828. The molecule has 3 rings (SSSR count). The summed E-state index contributed by atoms with van der Waals surface area (Å²) in [6.07, 6.45) is 1.16. The predicted molar refractivity (Wildman–Crippen MR) is 111 cm³/mol. The van der Waals surface area contributed by atoms with Crippen molar-refractivity contribution in [1.82, 2.24) is 9.80 Å². The number of hydrogen-bond acceptors (Lipinski definition) is 6. The van der Waals surface area contributed by atoms with Crippen LogP contribution in [0.25, 0.3) is 0 Å². The van der Waals surface area contributed by atoms with E-state index in [4.69, 9.17) is 14.2 Å². The van der Waals surface area contributed by atoms with E-state index in [9.17, 15) is 9.59 Å². The molecule has 0 saturated carbocycles. The van der Waals surface area contributed by atoms with E-state index in [1.807, 2.05) is 22.4 Å². The van der Waals surface area contributed by atoms with Gasteiger partial charge in [0, 0.05) is 36.6 Å². The molecule has 2 heterocycles. The molecule has 0 bridgehead atoms. The van der Waals surface area contributed by atoms with E-state index in [0.29, 0.717) is 55.4 Å². The summed E-state index contributed by atoms with van der Waals surface area (Å²) in [6.45, 7) is 2.27. The van der Waals surface area contributed by atoms with Crippen LogP contribution >= 0.6 is 11.3 Å². The van der Waals surface area contributed by atoms with E-state index in [1.54, 1.807) is 28.4 Å². The van der Waals surface area contributed by atoms with Crippen molar-refractivity contribution in [2.24, 2.45) is 0 Å². The number of methoxy groups -OCH3 is 3. The van der Waals surface area contributed by atoms with Crippen molar-refractivity contribution in [3.63, 3.8) is 0 Å². The number of carbonyl (C=O) groups excluding carboxylic acids is 2. The topological polar surface area (TPSA) is 68.3 Å². The van der Waals surface area contributed by atoms with E-state index in [0.717, 1.165) is 11.3 Å². The van der Waals surface area contributed by atoms with E-state index in [2.05, 4.69) is 0 Å². The zero-order valence-corrected chi connectivity index (χ0v) is 17.8. The first-order chi connectivity index (χ1) is 14.1. The molecular weight excluding hydrogens is 392 g/mol. The quantitative estimate of drug-likeness (QED) is 0.722. The Balaban J connectivity index is 1.70. The molecule has 7 nitrogen and oxygen atoms in total. The van der Waals surface area contributed by atoms with Crippen LogP contribution in [-0.4, -0.2) is 69.1 Å². The maximum atomic E-state index is 13.1. The molecule has 1 aliphatic heterocycles. The summed E-state index contributed by atoms with van der Waals surface area (Å²) in [4.78, 5) is 30.4. The lowest BCUT2D eigenvalue weighted by atomic mass is 10.1. The van der Waals surface area contributed by atoms with Crippen molar-refractivity contribution in [2.45, 2.75) is 12.8 Å². The highest BCUT2D eigenvalue weighted by Crippen LogP contribution is 2.38. The minimum Gasteiger partial charge on any atom is -0.493 e. The van der Waals surface area contributed by atoms with Crippen molar-refractivity contribution in [3.05, 3.63) is 40.1 Å². The smallest absolute Gasteiger partial charge is 0.254 e. The minimum atomic E-state index is -0.114. The van der Waals surface area contributed by atoms with Crippen LogP contribution in [0.4, 0.5) is 0 Å². The maximum Gasteiger partial charge on any atom is 0.254 e. The van der Waals surface area contributed by atoms with Gasteiger partial charge in [-0.15, -0.1) is 11.3 Å². The van der Waals surface area contributed by atoms with E-state index in [-0.39, 0.29) is 11.8 Å². The van der Waals surface area contributed by atoms with Gasteiger partial charge in [0.25, 0.3) is 5.91 Å². The average Bonchev–Trinajstić information content (AvgIpc) is 3.12. The molecule has 0 atom stereocenters. The molecule has 156 valence electrons. The molecule has 0 spiro atoms. The van der Waals surface area contributed by atoms with Crippen molar-refractivity contribution >= 4 is 23.2 Å². The highest BCUT2D eigenvalue weighted by molar-refractivity contribution is 7.10. The Hall–Kier alpha value is -2.74. The monoisotopic (exact) mass is 418 g/mol. The Morgan fingerprint density at radius 2 is 1.62 bits per heavy atom. The minimum absolute atomic E-state index is 0.106. The summed E-state index contributed by atoms with van der Waals surface area (Å²) in [5.41, 5.74) is 0.470. The van der Waals surface area contributed by atoms with Gasteiger partial charge in [-0.2, -0.15) is 0 Å². The summed E-state index contributed by atoms with van der Waals surface area (Å²) in [5.74, 6) is 1.33. The molecule has 2 aromatic rings.